The molecule has 1 amide bonds. The normalized spacial score (nSPS) is 12.7. The zero-order valence-corrected chi connectivity index (χ0v) is 14.8. The van der Waals surface area contributed by atoms with Crippen molar-refractivity contribution in [3.63, 3.8) is 0 Å². The molecule has 2 atom stereocenters. The zero-order valence-electron chi connectivity index (χ0n) is 14.8. The quantitative estimate of drug-likeness (QED) is 0.667. The van der Waals surface area contributed by atoms with Crippen LogP contribution in [0.15, 0.2) is 55.1 Å². The molecule has 0 fully saturated rings. The number of nitrogens with one attached hydrogen (secondary N) is 1. The van der Waals surface area contributed by atoms with Crippen molar-refractivity contribution in [1.29, 1.82) is 0 Å². The van der Waals surface area contributed by atoms with Gasteiger partial charge in [-0.25, -0.2) is 13.6 Å². The maximum absolute atomic E-state index is 13.7. The zero-order chi connectivity index (χ0) is 19.8. The van der Waals surface area contributed by atoms with Gasteiger partial charge in [-0.15, -0.1) is 6.58 Å². The summed E-state index contributed by atoms with van der Waals surface area (Å²) >= 11 is 0. The van der Waals surface area contributed by atoms with Gasteiger partial charge in [0, 0.05) is 12.0 Å². The summed E-state index contributed by atoms with van der Waals surface area (Å²) < 4.78 is 37.4. The molecular formula is C20H21F2NO4. The van der Waals surface area contributed by atoms with E-state index in [2.05, 4.69) is 11.9 Å². The first-order valence-corrected chi connectivity index (χ1v) is 8.33. The van der Waals surface area contributed by atoms with E-state index >= 15 is 0 Å². The average molecular weight is 377 g/mol. The number of carbonyl (C=O) groups is 1. The van der Waals surface area contributed by atoms with Crippen LogP contribution in [0, 0.1) is 17.6 Å². The van der Waals surface area contributed by atoms with Crippen LogP contribution >= 0.6 is 0 Å². The second kappa shape index (κ2) is 9.68. The molecule has 2 aromatic rings. The van der Waals surface area contributed by atoms with Crippen LogP contribution < -0.4 is 10.1 Å². The number of aliphatic hydroxyl groups is 1. The van der Waals surface area contributed by atoms with Gasteiger partial charge in [0.1, 0.15) is 30.1 Å². The standard InChI is InChI=1S/C20H21F2NO4/c1-3-13(2)19(14-4-7-16(8-5-14)26-11-10-24)27-20(25)23-18-9-6-15(21)12-17(18)22/h3-9,12-13,19,24H,1,10-11H2,2H3,(H,23,25)/t13-,19+/m1/s1. The van der Waals surface area contributed by atoms with Crippen molar-refractivity contribution in [2.75, 3.05) is 18.5 Å². The fraction of sp³-hybridized carbons (Fsp3) is 0.250. The van der Waals surface area contributed by atoms with Crippen LogP contribution in [0.3, 0.4) is 0 Å². The molecule has 27 heavy (non-hydrogen) atoms. The molecular weight excluding hydrogens is 356 g/mol. The van der Waals surface area contributed by atoms with E-state index in [0.717, 1.165) is 12.1 Å². The number of benzene rings is 2. The molecule has 2 aromatic carbocycles. The molecule has 0 aromatic heterocycles. The highest BCUT2D eigenvalue weighted by atomic mass is 19.1. The van der Waals surface area contributed by atoms with Crippen molar-refractivity contribution in [3.8, 4) is 5.75 Å². The van der Waals surface area contributed by atoms with Crippen molar-refractivity contribution >= 4 is 11.8 Å². The Labute approximate surface area is 156 Å². The third-order valence-corrected chi connectivity index (χ3v) is 3.82. The predicted molar refractivity (Wildman–Crippen MR) is 97.6 cm³/mol. The summed E-state index contributed by atoms with van der Waals surface area (Å²) in [5.41, 5.74) is 0.507. The van der Waals surface area contributed by atoms with Crippen molar-refractivity contribution in [2.45, 2.75) is 13.0 Å². The maximum atomic E-state index is 13.7. The molecule has 7 heteroatoms. The van der Waals surface area contributed by atoms with Crippen molar-refractivity contribution < 1.29 is 28.2 Å². The van der Waals surface area contributed by atoms with Gasteiger partial charge in [-0.3, -0.25) is 5.32 Å². The number of rotatable bonds is 8. The molecule has 0 bridgehead atoms. The summed E-state index contributed by atoms with van der Waals surface area (Å²) in [5.74, 6) is -1.30. The highest BCUT2D eigenvalue weighted by Gasteiger charge is 2.22. The summed E-state index contributed by atoms with van der Waals surface area (Å²) in [6.45, 7) is 5.61. The first-order valence-electron chi connectivity index (χ1n) is 8.33. The van der Waals surface area contributed by atoms with Crippen LogP contribution in [0.2, 0.25) is 0 Å². The van der Waals surface area contributed by atoms with Crippen LogP contribution in [0.1, 0.15) is 18.6 Å². The van der Waals surface area contributed by atoms with Gasteiger partial charge in [0.15, 0.2) is 0 Å². The lowest BCUT2D eigenvalue weighted by molar-refractivity contribution is 0.0896. The van der Waals surface area contributed by atoms with Crippen LogP contribution in [-0.2, 0) is 4.74 Å². The van der Waals surface area contributed by atoms with E-state index < -0.39 is 23.8 Å². The molecule has 0 unspecified atom stereocenters. The SMILES string of the molecule is C=C[C@@H](C)[C@H](OC(=O)Nc1ccc(F)cc1F)c1ccc(OCCO)cc1. The largest absolute Gasteiger partial charge is 0.491 e. The Balaban J connectivity index is 2.11. The minimum Gasteiger partial charge on any atom is -0.491 e. The Morgan fingerprint density at radius 1 is 1.26 bits per heavy atom. The predicted octanol–water partition coefficient (Wildman–Crippen LogP) is 4.45. The van der Waals surface area contributed by atoms with Crippen molar-refractivity contribution in [3.05, 3.63) is 72.3 Å². The number of hydrogen-bond acceptors (Lipinski definition) is 4. The third kappa shape index (κ3) is 5.79. The molecule has 144 valence electrons. The molecule has 0 heterocycles. The lowest BCUT2D eigenvalue weighted by Crippen LogP contribution is -2.21. The fourth-order valence-corrected chi connectivity index (χ4v) is 2.37. The molecule has 0 spiro atoms. The third-order valence-electron chi connectivity index (χ3n) is 3.82. The monoisotopic (exact) mass is 377 g/mol. The average Bonchev–Trinajstić information content (AvgIpc) is 2.66. The van der Waals surface area contributed by atoms with E-state index in [-0.39, 0.29) is 24.8 Å². The molecule has 5 nitrogen and oxygen atoms in total. The van der Waals surface area contributed by atoms with Crippen LogP contribution in [-0.4, -0.2) is 24.4 Å². The van der Waals surface area contributed by atoms with Gasteiger partial charge in [-0.1, -0.05) is 25.1 Å². The molecule has 0 saturated carbocycles. The second-order valence-electron chi connectivity index (χ2n) is 5.81. The van der Waals surface area contributed by atoms with Gasteiger partial charge in [0.2, 0.25) is 0 Å². The summed E-state index contributed by atoms with van der Waals surface area (Å²) in [6, 6.07) is 9.65. The number of amides is 1. The molecule has 2 rings (SSSR count). The minimum atomic E-state index is -0.898. The first-order chi connectivity index (χ1) is 12.9. The van der Waals surface area contributed by atoms with E-state index in [4.69, 9.17) is 14.6 Å². The maximum Gasteiger partial charge on any atom is 0.412 e. The Kier molecular flexibility index (Phi) is 7.31. The Morgan fingerprint density at radius 3 is 2.56 bits per heavy atom. The van der Waals surface area contributed by atoms with E-state index in [1.165, 1.54) is 0 Å². The van der Waals surface area contributed by atoms with E-state index in [1.54, 1.807) is 30.3 Å². The van der Waals surface area contributed by atoms with Gasteiger partial charge in [-0.2, -0.15) is 0 Å². The highest BCUT2D eigenvalue weighted by Crippen LogP contribution is 2.29. The molecule has 0 radical (unpaired) electrons. The molecule has 0 aliphatic carbocycles. The number of halogens is 2. The summed E-state index contributed by atoms with van der Waals surface area (Å²) in [7, 11) is 0. The Morgan fingerprint density at radius 2 is 1.96 bits per heavy atom. The number of carbonyl (C=O) groups excluding carboxylic acids is 1. The summed E-state index contributed by atoms with van der Waals surface area (Å²) in [5, 5.41) is 11.0. The number of hydrogen-bond donors (Lipinski definition) is 2. The van der Waals surface area contributed by atoms with Crippen LogP contribution in [0.25, 0.3) is 0 Å². The summed E-state index contributed by atoms with van der Waals surface area (Å²) in [4.78, 5) is 12.2. The smallest absolute Gasteiger partial charge is 0.412 e. The Bertz CT molecular complexity index is 780. The minimum absolute atomic E-state index is 0.0961. The second-order valence-corrected chi connectivity index (χ2v) is 5.81. The van der Waals surface area contributed by atoms with Crippen LogP contribution in [0.5, 0.6) is 5.75 Å². The lowest BCUT2D eigenvalue weighted by Gasteiger charge is -2.23. The lowest BCUT2D eigenvalue weighted by atomic mass is 9.97. The first kappa shape index (κ1) is 20.4. The van der Waals surface area contributed by atoms with Crippen molar-refractivity contribution in [1.82, 2.24) is 0 Å². The molecule has 0 saturated heterocycles. The molecule has 0 aliphatic heterocycles. The van der Waals surface area contributed by atoms with Gasteiger partial charge in [0.25, 0.3) is 0 Å². The van der Waals surface area contributed by atoms with Crippen molar-refractivity contribution in [2.24, 2.45) is 5.92 Å². The number of ether oxygens (including phenoxy) is 2. The van der Waals surface area contributed by atoms with Crippen LogP contribution in [0.4, 0.5) is 19.3 Å². The molecule has 2 N–H and O–H groups in total. The number of aliphatic hydroxyl groups excluding tert-OH is 1. The topological polar surface area (TPSA) is 67.8 Å². The highest BCUT2D eigenvalue weighted by molar-refractivity contribution is 5.84. The molecule has 0 aliphatic rings. The van der Waals surface area contributed by atoms with Gasteiger partial charge in [0.05, 0.1) is 12.3 Å². The van der Waals surface area contributed by atoms with Gasteiger partial charge < -0.3 is 14.6 Å². The Hall–Kier alpha value is -2.93. The summed E-state index contributed by atoms with van der Waals surface area (Å²) in [6.07, 6.45) is 0.0878. The number of anilines is 1. The van der Waals surface area contributed by atoms with Gasteiger partial charge >= 0.3 is 6.09 Å². The van der Waals surface area contributed by atoms with E-state index in [9.17, 15) is 13.6 Å². The fourth-order valence-electron chi connectivity index (χ4n) is 2.37. The van der Waals surface area contributed by atoms with E-state index in [1.807, 2.05) is 6.92 Å². The van der Waals surface area contributed by atoms with E-state index in [0.29, 0.717) is 17.4 Å². The van der Waals surface area contributed by atoms with Gasteiger partial charge in [-0.05, 0) is 29.8 Å².